The maximum absolute atomic E-state index is 14.0. The van der Waals surface area contributed by atoms with Crippen LogP contribution in [0.1, 0.15) is 42.9 Å². The van der Waals surface area contributed by atoms with Gasteiger partial charge in [-0.05, 0) is 36.6 Å². The summed E-state index contributed by atoms with van der Waals surface area (Å²) in [5.74, 6) is -1.14. The molecule has 0 bridgehead atoms. The SMILES string of the molecule is CN(CC(C)(C)CO)C(=O)c1c(-c2ccc(F)cc2)cc(C(F)(F)F)n1CC1CCCO1. The second kappa shape index (κ2) is 9.23. The summed E-state index contributed by atoms with van der Waals surface area (Å²) in [6.07, 6.45) is -3.79. The number of aromatic nitrogens is 1. The van der Waals surface area contributed by atoms with Crippen LogP contribution >= 0.6 is 0 Å². The molecule has 1 unspecified atom stereocenters. The van der Waals surface area contributed by atoms with Gasteiger partial charge in [-0.15, -0.1) is 0 Å². The Kier molecular flexibility index (Phi) is 7.00. The van der Waals surface area contributed by atoms with Crippen molar-refractivity contribution in [3.8, 4) is 11.1 Å². The van der Waals surface area contributed by atoms with Crippen LogP contribution in [-0.4, -0.2) is 53.4 Å². The van der Waals surface area contributed by atoms with Crippen molar-refractivity contribution in [1.82, 2.24) is 9.47 Å². The number of ether oxygens (including phenoxy) is 1. The van der Waals surface area contributed by atoms with E-state index in [4.69, 9.17) is 4.74 Å². The number of alkyl halides is 3. The first-order chi connectivity index (χ1) is 14.9. The molecule has 1 aliphatic rings. The van der Waals surface area contributed by atoms with Crippen molar-refractivity contribution < 1.29 is 32.2 Å². The minimum absolute atomic E-state index is 0.0778. The van der Waals surface area contributed by atoms with Crippen LogP contribution in [0, 0.1) is 11.2 Å². The zero-order valence-electron chi connectivity index (χ0n) is 18.4. The first-order valence-corrected chi connectivity index (χ1v) is 10.5. The predicted octanol–water partition coefficient (Wildman–Crippen LogP) is 4.58. The van der Waals surface area contributed by atoms with E-state index < -0.39 is 35.1 Å². The van der Waals surface area contributed by atoms with Crippen LogP contribution in [0.15, 0.2) is 30.3 Å². The van der Waals surface area contributed by atoms with Crippen LogP contribution in [0.2, 0.25) is 0 Å². The van der Waals surface area contributed by atoms with Crippen LogP contribution in [0.4, 0.5) is 17.6 Å². The van der Waals surface area contributed by atoms with Crippen LogP contribution in [0.25, 0.3) is 11.1 Å². The second-order valence-corrected chi connectivity index (χ2v) is 9.03. The van der Waals surface area contributed by atoms with Gasteiger partial charge in [0.25, 0.3) is 5.91 Å². The van der Waals surface area contributed by atoms with Crippen molar-refractivity contribution in [1.29, 1.82) is 0 Å². The van der Waals surface area contributed by atoms with Gasteiger partial charge in [0.2, 0.25) is 0 Å². The highest BCUT2D eigenvalue weighted by molar-refractivity contribution is 6.00. The molecule has 1 aromatic carbocycles. The summed E-state index contributed by atoms with van der Waals surface area (Å²) in [4.78, 5) is 14.8. The molecule has 5 nitrogen and oxygen atoms in total. The molecule has 32 heavy (non-hydrogen) atoms. The van der Waals surface area contributed by atoms with E-state index in [-0.39, 0.29) is 31.0 Å². The average molecular weight is 456 g/mol. The summed E-state index contributed by atoms with van der Waals surface area (Å²) in [5, 5.41) is 9.56. The van der Waals surface area contributed by atoms with Gasteiger partial charge in [0.15, 0.2) is 0 Å². The zero-order valence-corrected chi connectivity index (χ0v) is 18.4. The average Bonchev–Trinajstić information content (AvgIpc) is 3.36. The standard InChI is InChI=1S/C23H28F4N2O3/c1-22(2,14-30)13-28(3)21(31)20-18(15-6-8-16(24)9-7-15)11-19(23(25,26)27)29(20)12-17-5-4-10-32-17/h6-9,11,17,30H,4-5,10,12-14H2,1-3H3. The van der Waals surface area contributed by atoms with Crippen molar-refractivity contribution in [3.63, 3.8) is 0 Å². The highest BCUT2D eigenvalue weighted by atomic mass is 19.4. The molecule has 0 spiro atoms. The number of hydrogen-bond donors (Lipinski definition) is 1. The minimum atomic E-state index is -4.70. The predicted molar refractivity (Wildman–Crippen MR) is 112 cm³/mol. The quantitative estimate of drug-likeness (QED) is 0.621. The monoisotopic (exact) mass is 456 g/mol. The van der Waals surface area contributed by atoms with E-state index in [1.54, 1.807) is 13.8 Å². The third-order valence-corrected chi connectivity index (χ3v) is 5.60. The van der Waals surface area contributed by atoms with Crippen molar-refractivity contribution >= 4 is 5.91 Å². The summed E-state index contributed by atoms with van der Waals surface area (Å²) < 4.78 is 62.0. The number of nitrogens with zero attached hydrogens (tertiary/aromatic N) is 2. The molecule has 9 heteroatoms. The van der Waals surface area contributed by atoms with Crippen molar-refractivity contribution in [2.24, 2.45) is 5.41 Å². The fraction of sp³-hybridized carbons (Fsp3) is 0.522. The molecule has 2 heterocycles. The second-order valence-electron chi connectivity index (χ2n) is 9.03. The van der Waals surface area contributed by atoms with Gasteiger partial charge in [-0.1, -0.05) is 26.0 Å². The van der Waals surface area contributed by atoms with Crippen LogP contribution in [-0.2, 0) is 17.5 Å². The zero-order chi connectivity index (χ0) is 23.7. The van der Waals surface area contributed by atoms with E-state index in [0.717, 1.165) is 29.2 Å². The molecule has 2 aromatic rings. The smallest absolute Gasteiger partial charge is 0.396 e. The lowest BCUT2D eigenvalue weighted by Gasteiger charge is -2.29. The Morgan fingerprint density at radius 2 is 1.91 bits per heavy atom. The van der Waals surface area contributed by atoms with E-state index in [9.17, 15) is 27.5 Å². The molecule has 176 valence electrons. The molecule has 1 N–H and O–H groups in total. The summed E-state index contributed by atoms with van der Waals surface area (Å²) in [7, 11) is 1.49. The molecule has 1 aliphatic heterocycles. The first kappa shape index (κ1) is 24.3. The molecule has 0 aliphatic carbocycles. The number of aliphatic hydroxyl groups is 1. The lowest BCUT2D eigenvalue weighted by molar-refractivity contribution is -0.144. The van der Waals surface area contributed by atoms with E-state index in [2.05, 4.69) is 0 Å². The van der Waals surface area contributed by atoms with Gasteiger partial charge >= 0.3 is 6.18 Å². The number of halogens is 4. The van der Waals surface area contributed by atoms with Gasteiger partial charge in [-0.25, -0.2) is 4.39 Å². The summed E-state index contributed by atoms with van der Waals surface area (Å²) in [5.41, 5.74) is -1.34. The van der Waals surface area contributed by atoms with Gasteiger partial charge in [-0.3, -0.25) is 4.79 Å². The molecular weight excluding hydrogens is 428 g/mol. The highest BCUT2D eigenvalue weighted by Gasteiger charge is 2.40. The molecule has 1 atom stereocenters. The molecule has 0 radical (unpaired) electrons. The van der Waals surface area contributed by atoms with Crippen molar-refractivity contribution in [2.45, 2.75) is 45.5 Å². The Morgan fingerprint density at radius 1 is 1.25 bits per heavy atom. The largest absolute Gasteiger partial charge is 0.431 e. The third kappa shape index (κ3) is 5.32. The van der Waals surface area contributed by atoms with E-state index in [1.165, 1.54) is 24.1 Å². The van der Waals surface area contributed by atoms with Gasteiger partial charge in [0.05, 0.1) is 6.10 Å². The number of carbonyl (C=O) groups is 1. The molecule has 1 amide bonds. The number of rotatable bonds is 7. The van der Waals surface area contributed by atoms with Gasteiger partial charge in [-0.2, -0.15) is 13.2 Å². The fourth-order valence-corrected chi connectivity index (χ4v) is 3.99. The third-order valence-electron chi connectivity index (χ3n) is 5.60. The Balaban J connectivity index is 2.16. The van der Waals surface area contributed by atoms with E-state index >= 15 is 0 Å². The lowest BCUT2D eigenvalue weighted by Crippen LogP contribution is -2.39. The Bertz CT molecular complexity index is 945. The van der Waals surface area contributed by atoms with Gasteiger partial charge in [0.1, 0.15) is 17.2 Å². The Hall–Kier alpha value is -2.39. The summed E-state index contributed by atoms with van der Waals surface area (Å²) >= 11 is 0. The van der Waals surface area contributed by atoms with E-state index in [1.807, 2.05) is 0 Å². The van der Waals surface area contributed by atoms with Crippen LogP contribution < -0.4 is 0 Å². The number of amides is 1. The Morgan fingerprint density at radius 3 is 2.44 bits per heavy atom. The fourth-order valence-electron chi connectivity index (χ4n) is 3.99. The molecular formula is C23H28F4N2O3. The lowest BCUT2D eigenvalue weighted by atomic mass is 9.94. The van der Waals surface area contributed by atoms with Crippen LogP contribution in [0.3, 0.4) is 0 Å². The maximum Gasteiger partial charge on any atom is 0.431 e. The van der Waals surface area contributed by atoms with Crippen LogP contribution in [0.5, 0.6) is 0 Å². The summed E-state index contributed by atoms with van der Waals surface area (Å²) in [6, 6.07) is 5.95. The van der Waals surface area contributed by atoms with Gasteiger partial charge < -0.3 is 19.3 Å². The molecule has 1 aromatic heterocycles. The number of hydrogen-bond acceptors (Lipinski definition) is 3. The highest BCUT2D eigenvalue weighted by Crippen LogP contribution is 2.38. The molecule has 1 saturated heterocycles. The van der Waals surface area contributed by atoms with Crippen molar-refractivity contribution in [3.05, 3.63) is 47.5 Å². The Labute approximate surface area is 184 Å². The van der Waals surface area contributed by atoms with Gasteiger partial charge in [0, 0.05) is 44.3 Å². The summed E-state index contributed by atoms with van der Waals surface area (Å²) in [6.45, 7) is 3.80. The first-order valence-electron chi connectivity index (χ1n) is 10.5. The molecule has 0 saturated carbocycles. The maximum atomic E-state index is 14.0. The number of benzene rings is 1. The normalized spacial score (nSPS) is 17.1. The molecule has 3 rings (SSSR count). The number of carbonyl (C=O) groups excluding carboxylic acids is 1. The minimum Gasteiger partial charge on any atom is -0.396 e. The molecule has 1 fully saturated rings. The van der Waals surface area contributed by atoms with E-state index in [0.29, 0.717) is 18.6 Å². The van der Waals surface area contributed by atoms with Crippen molar-refractivity contribution in [2.75, 3.05) is 26.8 Å². The topological polar surface area (TPSA) is 54.7 Å². The number of aliphatic hydroxyl groups excluding tert-OH is 1.